The zero-order valence-corrected chi connectivity index (χ0v) is 20.1. The number of halogens is 1. The zero-order valence-electron chi connectivity index (χ0n) is 19.3. The molecule has 2 atom stereocenters. The highest BCUT2D eigenvalue weighted by atomic mass is 35.5. The van der Waals surface area contributed by atoms with E-state index >= 15 is 0 Å². The summed E-state index contributed by atoms with van der Waals surface area (Å²) in [7, 11) is 3.07. The number of aromatic hydroxyl groups is 4. The lowest BCUT2D eigenvalue weighted by Gasteiger charge is -2.43. The maximum atomic E-state index is 10.7. The molecule has 180 valence electrons. The van der Waals surface area contributed by atoms with Crippen molar-refractivity contribution < 1.29 is 30.6 Å². The molecule has 0 aromatic heterocycles. The molecule has 8 nitrogen and oxygen atoms in total. The molecule has 0 radical (unpaired) electrons. The first-order valence-corrected chi connectivity index (χ1v) is 11.2. The molecule has 10 heteroatoms. The van der Waals surface area contributed by atoms with E-state index in [4.69, 9.17) is 17.3 Å². The van der Waals surface area contributed by atoms with Gasteiger partial charge >= 0.3 is 0 Å². The fourth-order valence-corrected chi connectivity index (χ4v) is 4.97. The molecule has 0 saturated carbocycles. The summed E-state index contributed by atoms with van der Waals surface area (Å²) >= 11 is 6.28. The monoisotopic (exact) mass is 478 g/mol. The fraction of sp³-hybridized carbons (Fsp3) is 0.478. The number of aliphatic hydroxyl groups is 2. The van der Waals surface area contributed by atoms with E-state index < -0.39 is 34.6 Å². The van der Waals surface area contributed by atoms with E-state index in [0.717, 1.165) is 11.1 Å². The van der Waals surface area contributed by atoms with Crippen molar-refractivity contribution in [2.75, 3.05) is 13.6 Å². The standard InChI is InChI=1S/C23H32BClN2O6/c1-22(2,27(3)23(32,33)10-26)7-6-11-8-15(13-5-4-12(25)9-14(11)13)16-18(28)17(24)20(30)21(31)19(16)29/h4-5,9,11,15,28-33H,6-8,10,24,26H2,1-3H3/t11-,15-/m1/s1. The Morgan fingerprint density at radius 2 is 1.70 bits per heavy atom. The normalized spacial score (nSPS) is 18.7. The Morgan fingerprint density at radius 3 is 2.30 bits per heavy atom. The van der Waals surface area contributed by atoms with E-state index in [9.17, 15) is 30.6 Å². The van der Waals surface area contributed by atoms with Gasteiger partial charge in [0.2, 0.25) is 5.91 Å². The fourth-order valence-electron chi connectivity index (χ4n) is 4.79. The van der Waals surface area contributed by atoms with Crippen LogP contribution in [-0.2, 0) is 0 Å². The van der Waals surface area contributed by atoms with E-state index in [2.05, 4.69) is 0 Å². The van der Waals surface area contributed by atoms with Gasteiger partial charge in [0, 0.05) is 22.0 Å². The molecule has 1 aliphatic carbocycles. The minimum atomic E-state index is -2.14. The maximum absolute atomic E-state index is 10.7. The molecule has 1 aliphatic rings. The number of phenols is 4. The molecule has 0 saturated heterocycles. The molecule has 0 fully saturated rings. The Balaban J connectivity index is 1.97. The van der Waals surface area contributed by atoms with Crippen LogP contribution in [0, 0.1) is 0 Å². The molecule has 0 amide bonds. The predicted molar refractivity (Wildman–Crippen MR) is 129 cm³/mol. The van der Waals surface area contributed by atoms with Gasteiger partial charge in [-0.3, -0.25) is 0 Å². The van der Waals surface area contributed by atoms with E-state index in [1.165, 1.54) is 12.7 Å². The van der Waals surface area contributed by atoms with Crippen molar-refractivity contribution in [2.45, 2.75) is 56.4 Å². The van der Waals surface area contributed by atoms with Gasteiger partial charge in [0.25, 0.3) is 0 Å². The smallest absolute Gasteiger partial charge is 0.238 e. The number of phenolic OH excluding ortho intramolecular Hbond substituents is 4. The minimum Gasteiger partial charge on any atom is -0.508 e. The molecule has 33 heavy (non-hydrogen) atoms. The SMILES string of the molecule is Bc1c(O)c(O)c(O)c([C@@H]2C[C@@H](CCC(C)(C)N(C)C(O)(O)CN)c3cc(Cl)ccc32)c1O. The number of hydrogen-bond acceptors (Lipinski definition) is 8. The first-order chi connectivity index (χ1) is 15.2. The van der Waals surface area contributed by atoms with Crippen molar-refractivity contribution >= 4 is 24.9 Å². The summed E-state index contributed by atoms with van der Waals surface area (Å²) in [6.45, 7) is 3.46. The number of benzene rings is 2. The molecule has 2 aromatic carbocycles. The van der Waals surface area contributed by atoms with Gasteiger partial charge in [0.15, 0.2) is 17.2 Å². The van der Waals surface area contributed by atoms with Crippen LogP contribution in [0.1, 0.15) is 61.6 Å². The van der Waals surface area contributed by atoms with Crippen molar-refractivity contribution in [1.82, 2.24) is 4.90 Å². The van der Waals surface area contributed by atoms with Gasteiger partial charge in [0.1, 0.15) is 13.6 Å². The number of rotatable bonds is 7. The van der Waals surface area contributed by atoms with Gasteiger partial charge in [-0.25, -0.2) is 4.90 Å². The summed E-state index contributed by atoms with van der Waals surface area (Å²) in [6.07, 6.45) is 1.78. The first-order valence-electron chi connectivity index (χ1n) is 10.9. The summed E-state index contributed by atoms with van der Waals surface area (Å²) in [6, 6.07) is 5.45. The van der Waals surface area contributed by atoms with Crippen LogP contribution in [-0.4, -0.2) is 68.4 Å². The van der Waals surface area contributed by atoms with Crippen LogP contribution in [0.25, 0.3) is 0 Å². The molecular formula is C23H32BClN2O6. The molecule has 0 unspecified atom stereocenters. The van der Waals surface area contributed by atoms with Gasteiger partial charge in [-0.2, -0.15) is 0 Å². The number of likely N-dealkylation sites (N-methyl/N-ethyl adjacent to an activating group) is 1. The van der Waals surface area contributed by atoms with Crippen LogP contribution in [0.4, 0.5) is 0 Å². The Hall–Kier alpha value is -2.17. The van der Waals surface area contributed by atoms with Crippen molar-refractivity contribution in [3.05, 3.63) is 39.9 Å². The third-order valence-corrected chi connectivity index (χ3v) is 7.46. The molecule has 8 N–H and O–H groups in total. The first kappa shape index (κ1) is 25.5. The van der Waals surface area contributed by atoms with Crippen LogP contribution in [0.2, 0.25) is 5.02 Å². The van der Waals surface area contributed by atoms with E-state index in [1.54, 1.807) is 13.1 Å². The Morgan fingerprint density at radius 1 is 1.06 bits per heavy atom. The topological polar surface area (TPSA) is 151 Å². The number of hydrogen-bond donors (Lipinski definition) is 7. The Labute approximate surface area is 199 Å². The van der Waals surface area contributed by atoms with Crippen molar-refractivity contribution in [3.8, 4) is 23.0 Å². The summed E-state index contributed by atoms with van der Waals surface area (Å²) < 4.78 is 0. The molecule has 0 heterocycles. The maximum Gasteiger partial charge on any atom is 0.238 e. The van der Waals surface area contributed by atoms with Crippen LogP contribution >= 0.6 is 11.6 Å². The third kappa shape index (κ3) is 4.48. The van der Waals surface area contributed by atoms with Gasteiger partial charge in [-0.1, -0.05) is 17.7 Å². The van der Waals surface area contributed by atoms with Gasteiger partial charge in [-0.05, 0) is 74.8 Å². The van der Waals surface area contributed by atoms with E-state index in [1.807, 2.05) is 26.0 Å². The molecule has 0 bridgehead atoms. The van der Waals surface area contributed by atoms with Gasteiger partial charge in [0.05, 0.1) is 6.54 Å². The summed E-state index contributed by atoms with van der Waals surface area (Å²) in [5.41, 5.74) is 6.99. The van der Waals surface area contributed by atoms with Crippen LogP contribution < -0.4 is 11.2 Å². The summed E-state index contributed by atoms with van der Waals surface area (Å²) in [5, 5.41) is 62.4. The molecule has 2 aromatic rings. The quantitative estimate of drug-likeness (QED) is 0.135. The minimum absolute atomic E-state index is 0.00362. The lowest BCUT2D eigenvalue weighted by atomic mass is 9.83. The van der Waals surface area contributed by atoms with E-state index in [-0.39, 0.29) is 29.2 Å². The van der Waals surface area contributed by atoms with E-state index in [0.29, 0.717) is 24.3 Å². The highest BCUT2D eigenvalue weighted by Crippen LogP contribution is 2.54. The highest BCUT2D eigenvalue weighted by Gasteiger charge is 2.41. The highest BCUT2D eigenvalue weighted by molar-refractivity contribution is 6.36. The second-order valence-electron chi connectivity index (χ2n) is 9.58. The average Bonchev–Trinajstić information content (AvgIpc) is 3.11. The third-order valence-electron chi connectivity index (χ3n) is 7.23. The van der Waals surface area contributed by atoms with Gasteiger partial charge < -0.3 is 36.4 Å². The average molecular weight is 479 g/mol. The lowest BCUT2D eigenvalue weighted by Crippen LogP contribution is -2.60. The molecular weight excluding hydrogens is 447 g/mol. The van der Waals surface area contributed by atoms with Crippen LogP contribution in [0.15, 0.2) is 18.2 Å². The molecule has 3 rings (SSSR count). The van der Waals surface area contributed by atoms with Crippen molar-refractivity contribution in [1.29, 1.82) is 0 Å². The molecule has 0 aliphatic heterocycles. The number of nitrogens with zero attached hydrogens (tertiary/aromatic N) is 1. The predicted octanol–water partition coefficient (Wildman–Crippen LogP) is 1.13. The lowest BCUT2D eigenvalue weighted by molar-refractivity contribution is -0.272. The Kier molecular flexibility index (Phi) is 6.86. The Bertz CT molecular complexity index is 1030. The van der Waals surface area contributed by atoms with Crippen molar-refractivity contribution in [2.24, 2.45) is 5.73 Å². The summed E-state index contributed by atoms with van der Waals surface area (Å²) in [4.78, 5) is 1.43. The largest absolute Gasteiger partial charge is 0.508 e. The van der Waals surface area contributed by atoms with Crippen LogP contribution in [0.5, 0.6) is 23.0 Å². The zero-order chi connectivity index (χ0) is 24.9. The number of fused-ring (bicyclic) bond motifs is 1. The second-order valence-corrected chi connectivity index (χ2v) is 10.0. The number of nitrogens with two attached hydrogens (primary N) is 1. The van der Waals surface area contributed by atoms with Gasteiger partial charge in [-0.15, -0.1) is 0 Å². The summed E-state index contributed by atoms with van der Waals surface area (Å²) in [5.74, 6) is -4.59. The van der Waals surface area contributed by atoms with Crippen LogP contribution in [0.3, 0.4) is 0 Å². The molecule has 0 spiro atoms. The second kappa shape index (κ2) is 8.89. The van der Waals surface area contributed by atoms with Crippen molar-refractivity contribution in [3.63, 3.8) is 0 Å².